The zero-order valence-electron chi connectivity index (χ0n) is 11.5. The van der Waals surface area contributed by atoms with Crippen LogP contribution < -0.4 is 0 Å². The molecule has 1 aliphatic rings. The van der Waals surface area contributed by atoms with Crippen LogP contribution in [0.1, 0.15) is 12.7 Å². The molecule has 3 rings (SSSR count). The van der Waals surface area contributed by atoms with Gasteiger partial charge in [0.05, 0.1) is 15.0 Å². The summed E-state index contributed by atoms with van der Waals surface area (Å²) in [4.78, 5) is 13.7. The number of furan rings is 1. The maximum Gasteiger partial charge on any atom is 0.178 e. The lowest BCUT2D eigenvalue weighted by Crippen LogP contribution is -2.07. The SMILES string of the molecule is CC1C(=O)/C(=C\c2ccc(Sc3ccc(Cl)cc3)o2)SC1=S. The monoisotopic (exact) mass is 366 g/mol. The van der Waals surface area contributed by atoms with E-state index in [4.69, 9.17) is 28.2 Å². The van der Waals surface area contributed by atoms with Gasteiger partial charge in [0.2, 0.25) is 0 Å². The van der Waals surface area contributed by atoms with Gasteiger partial charge in [0, 0.05) is 9.92 Å². The molecule has 22 heavy (non-hydrogen) atoms. The minimum Gasteiger partial charge on any atom is -0.450 e. The van der Waals surface area contributed by atoms with Gasteiger partial charge >= 0.3 is 0 Å². The molecule has 0 N–H and O–H groups in total. The van der Waals surface area contributed by atoms with Crippen molar-refractivity contribution >= 4 is 63.4 Å². The number of halogens is 1. The molecule has 0 bridgehead atoms. The van der Waals surface area contributed by atoms with Crippen LogP contribution in [0.2, 0.25) is 5.02 Å². The van der Waals surface area contributed by atoms with Gasteiger partial charge in [-0.25, -0.2) is 0 Å². The highest BCUT2D eigenvalue weighted by molar-refractivity contribution is 8.27. The van der Waals surface area contributed by atoms with Crippen molar-refractivity contribution in [3.63, 3.8) is 0 Å². The smallest absolute Gasteiger partial charge is 0.178 e. The van der Waals surface area contributed by atoms with Crippen molar-refractivity contribution in [3.05, 3.63) is 52.1 Å². The Bertz CT molecular complexity index is 762. The Labute approximate surface area is 147 Å². The number of carbonyl (C=O) groups excluding carboxylic acids is 1. The molecule has 1 saturated heterocycles. The van der Waals surface area contributed by atoms with Crippen LogP contribution in [0.15, 0.2) is 55.7 Å². The number of hydrogen-bond donors (Lipinski definition) is 0. The number of ketones is 1. The van der Waals surface area contributed by atoms with E-state index in [1.807, 2.05) is 43.3 Å². The number of benzene rings is 1. The highest BCUT2D eigenvalue weighted by Gasteiger charge is 2.31. The third kappa shape index (κ3) is 3.49. The molecule has 1 aromatic carbocycles. The Morgan fingerprint density at radius 1 is 1.27 bits per heavy atom. The summed E-state index contributed by atoms with van der Waals surface area (Å²) in [5.41, 5.74) is 0. The van der Waals surface area contributed by atoms with Gasteiger partial charge in [-0.1, -0.05) is 47.3 Å². The molecule has 2 heterocycles. The summed E-state index contributed by atoms with van der Waals surface area (Å²) >= 11 is 13.9. The minimum atomic E-state index is -0.191. The number of allylic oxidation sites excluding steroid dienone is 1. The second-order valence-corrected chi connectivity index (χ2v) is 8.02. The molecular formula is C16H11ClO2S3. The van der Waals surface area contributed by atoms with Crippen molar-refractivity contribution < 1.29 is 9.21 Å². The largest absolute Gasteiger partial charge is 0.450 e. The molecule has 0 radical (unpaired) electrons. The topological polar surface area (TPSA) is 30.2 Å². The first kappa shape index (κ1) is 15.9. The van der Waals surface area contributed by atoms with Crippen molar-refractivity contribution in [2.45, 2.75) is 16.9 Å². The van der Waals surface area contributed by atoms with E-state index >= 15 is 0 Å². The molecule has 2 aromatic rings. The Hall–Kier alpha value is -1.01. The van der Waals surface area contributed by atoms with E-state index in [1.165, 1.54) is 23.5 Å². The van der Waals surface area contributed by atoms with Gasteiger partial charge in [0.1, 0.15) is 5.76 Å². The lowest BCUT2D eigenvalue weighted by Gasteiger charge is -1.98. The summed E-state index contributed by atoms with van der Waals surface area (Å²) in [6.45, 7) is 1.84. The van der Waals surface area contributed by atoms with Crippen LogP contribution in [-0.4, -0.2) is 9.98 Å². The van der Waals surface area contributed by atoms with Crippen LogP contribution in [0, 0.1) is 5.92 Å². The number of Topliss-reactive ketones (excluding diaryl/α,β-unsaturated/α-hetero) is 1. The standard InChI is InChI=1S/C16H11ClO2S3/c1-9-15(18)13(22-16(9)20)8-11-4-7-14(19-11)21-12-5-2-10(17)3-6-12/h2-9H,1H3/b13-8+. The van der Waals surface area contributed by atoms with E-state index in [9.17, 15) is 4.79 Å². The average Bonchev–Trinajstić information content (AvgIpc) is 3.03. The maximum atomic E-state index is 12.0. The van der Waals surface area contributed by atoms with Gasteiger partial charge in [-0.15, -0.1) is 0 Å². The zero-order valence-corrected chi connectivity index (χ0v) is 14.7. The van der Waals surface area contributed by atoms with Crippen LogP contribution in [0.5, 0.6) is 0 Å². The molecule has 6 heteroatoms. The molecule has 1 aromatic heterocycles. The lowest BCUT2D eigenvalue weighted by molar-refractivity contribution is -0.115. The Morgan fingerprint density at radius 2 is 2.00 bits per heavy atom. The summed E-state index contributed by atoms with van der Waals surface area (Å²) in [7, 11) is 0. The second kappa shape index (κ2) is 6.62. The average molecular weight is 367 g/mol. The molecule has 0 spiro atoms. The van der Waals surface area contributed by atoms with Crippen molar-refractivity contribution in [1.29, 1.82) is 0 Å². The summed E-state index contributed by atoms with van der Waals surface area (Å²) in [6, 6.07) is 11.3. The fourth-order valence-corrected chi connectivity index (χ4v) is 4.12. The van der Waals surface area contributed by atoms with Crippen LogP contribution >= 0.6 is 47.3 Å². The van der Waals surface area contributed by atoms with Gasteiger partial charge in [0.15, 0.2) is 10.9 Å². The van der Waals surface area contributed by atoms with Crippen LogP contribution in [0.4, 0.5) is 0 Å². The van der Waals surface area contributed by atoms with Crippen molar-refractivity contribution in [1.82, 2.24) is 0 Å². The minimum absolute atomic E-state index is 0.0679. The quantitative estimate of drug-likeness (QED) is 0.513. The third-order valence-corrected chi connectivity index (χ3v) is 5.99. The molecule has 1 atom stereocenters. The van der Waals surface area contributed by atoms with Crippen molar-refractivity contribution in [2.24, 2.45) is 5.92 Å². The predicted molar refractivity (Wildman–Crippen MR) is 96.6 cm³/mol. The lowest BCUT2D eigenvalue weighted by atomic mass is 10.1. The summed E-state index contributed by atoms with van der Waals surface area (Å²) in [6.07, 6.45) is 1.76. The third-order valence-electron chi connectivity index (χ3n) is 3.11. The predicted octanol–water partition coefficient (Wildman–Crippen LogP) is 5.70. The van der Waals surface area contributed by atoms with Gasteiger partial charge in [0.25, 0.3) is 0 Å². The van der Waals surface area contributed by atoms with E-state index < -0.39 is 0 Å². The first-order valence-corrected chi connectivity index (χ1v) is 8.96. The van der Waals surface area contributed by atoms with E-state index in [0.717, 1.165) is 14.2 Å². The van der Waals surface area contributed by atoms with E-state index in [0.29, 0.717) is 15.7 Å². The Morgan fingerprint density at radius 3 is 2.64 bits per heavy atom. The maximum absolute atomic E-state index is 12.0. The Balaban J connectivity index is 1.75. The molecule has 0 saturated carbocycles. The first-order valence-electron chi connectivity index (χ1n) is 6.54. The van der Waals surface area contributed by atoms with Crippen molar-refractivity contribution in [2.75, 3.05) is 0 Å². The zero-order chi connectivity index (χ0) is 15.7. The molecule has 0 amide bonds. The van der Waals surface area contributed by atoms with Crippen LogP contribution in [0.3, 0.4) is 0 Å². The van der Waals surface area contributed by atoms with Gasteiger partial charge in [-0.05, 0) is 49.4 Å². The van der Waals surface area contributed by atoms with Crippen LogP contribution in [0.25, 0.3) is 6.08 Å². The van der Waals surface area contributed by atoms with Gasteiger partial charge in [-0.2, -0.15) is 0 Å². The second-order valence-electron chi connectivity index (χ2n) is 4.73. The summed E-state index contributed by atoms with van der Waals surface area (Å²) < 4.78 is 6.46. The fourth-order valence-electron chi connectivity index (χ4n) is 1.88. The van der Waals surface area contributed by atoms with Crippen LogP contribution in [-0.2, 0) is 4.79 Å². The highest BCUT2D eigenvalue weighted by Crippen LogP contribution is 2.37. The molecular weight excluding hydrogens is 356 g/mol. The summed E-state index contributed by atoms with van der Waals surface area (Å²) in [5, 5.41) is 1.47. The van der Waals surface area contributed by atoms with Gasteiger partial charge in [-0.3, -0.25) is 4.79 Å². The van der Waals surface area contributed by atoms with E-state index in [2.05, 4.69) is 0 Å². The van der Waals surface area contributed by atoms with Crippen molar-refractivity contribution in [3.8, 4) is 0 Å². The summed E-state index contributed by atoms with van der Waals surface area (Å²) in [5.74, 6) is 0.534. The number of thiocarbonyl (C=S) groups is 1. The number of hydrogen-bond acceptors (Lipinski definition) is 5. The van der Waals surface area contributed by atoms with E-state index in [1.54, 1.807) is 6.08 Å². The molecule has 0 aliphatic carbocycles. The molecule has 112 valence electrons. The molecule has 2 nitrogen and oxygen atoms in total. The Kier molecular flexibility index (Phi) is 4.78. The molecule has 1 fully saturated rings. The van der Waals surface area contributed by atoms with E-state index in [-0.39, 0.29) is 11.7 Å². The molecule has 1 unspecified atom stereocenters. The van der Waals surface area contributed by atoms with Gasteiger partial charge < -0.3 is 4.42 Å². The number of carbonyl (C=O) groups is 1. The molecule has 1 aliphatic heterocycles. The number of thioether (sulfide) groups is 1. The fraction of sp³-hybridized carbons (Fsp3) is 0.125. The first-order chi connectivity index (χ1) is 10.5. The normalized spacial score (nSPS) is 20.1. The number of rotatable bonds is 3. The highest BCUT2D eigenvalue weighted by atomic mass is 35.5.